The Morgan fingerprint density at radius 2 is 1.62 bits per heavy atom. The number of aryl methyl sites for hydroxylation is 1. The average molecular weight is 244 g/mol. The van der Waals surface area contributed by atoms with Crippen molar-refractivity contribution in [2.45, 2.75) is 6.92 Å². The molecule has 1 aromatic rings. The van der Waals surface area contributed by atoms with Crippen LogP contribution in [0.2, 0.25) is 0 Å². The Hall–Kier alpha value is -0.180. The SMILES string of the molecule is Cc1cc([N+](=O)[O-])cc([N+](=O)[O-])c1O.[Na].[Na]. The summed E-state index contributed by atoms with van der Waals surface area (Å²) in [5, 5.41) is 29.9. The first-order valence-corrected chi connectivity index (χ1v) is 3.56. The molecule has 0 heterocycles. The van der Waals surface area contributed by atoms with Gasteiger partial charge in [-0.15, -0.1) is 0 Å². The maximum absolute atomic E-state index is 10.4. The summed E-state index contributed by atoms with van der Waals surface area (Å²) < 4.78 is 0. The van der Waals surface area contributed by atoms with Gasteiger partial charge in [-0.25, -0.2) is 0 Å². The number of phenolic OH excluding ortho intramolecular Hbond substituents is 1. The van der Waals surface area contributed by atoms with Crippen LogP contribution in [-0.4, -0.2) is 74.1 Å². The number of aromatic hydroxyl groups is 1. The molecular weight excluding hydrogens is 238 g/mol. The van der Waals surface area contributed by atoms with Gasteiger partial charge in [0.2, 0.25) is 0 Å². The van der Waals surface area contributed by atoms with Gasteiger partial charge in [0, 0.05) is 70.7 Å². The van der Waals surface area contributed by atoms with Crippen LogP contribution >= 0.6 is 0 Å². The topological polar surface area (TPSA) is 107 Å². The van der Waals surface area contributed by atoms with Crippen LogP contribution in [0.5, 0.6) is 5.75 Å². The molecule has 1 N–H and O–H groups in total. The van der Waals surface area contributed by atoms with Crippen molar-refractivity contribution in [3.63, 3.8) is 0 Å². The second kappa shape index (κ2) is 7.21. The van der Waals surface area contributed by atoms with E-state index in [0.717, 1.165) is 12.1 Å². The Morgan fingerprint density at radius 3 is 2.00 bits per heavy atom. The molecule has 0 fully saturated rings. The third kappa shape index (κ3) is 4.00. The molecule has 16 heavy (non-hydrogen) atoms. The first-order valence-electron chi connectivity index (χ1n) is 3.56. The van der Waals surface area contributed by atoms with E-state index in [1.807, 2.05) is 0 Å². The van der Waals surface area contributed by atoms with Crippen LogP contribution in [0.15, 0.2) is 12.1 Å². The number of nitro groups is 2. The second-order valence-electron chi connectivity index (χ2n) is 2.64. The molecule has 1 aromatic carbocycles. The zero-order chi connectivity index (χ0) is 10.9. The van der Waals surface area contributed by atoms with Crippen LogP contribution in [0.4, 0.5) is 11.4 Å². The number of hydrogen-bond donors (Lipinski definition) is 1. The minimum Gasteiger partial charge on any atom is -0.502 e. The summed E-state index contributed by atoms with van der Waals surface area (Å²) in [4.78, 5) is 19.1. The molecule has 9 heteroatoms. The maximum Gasteiger partial charge on any atom is 0.317 e. The van der Waals surface area contributed by atoms with E-state index in [-0.39, 0.29) is 64.7 Å². The first-order chi connectivity index (χ1) is 6.43. The van der Waals surface area contributed by atoms with Crippen LogP contribution in [0.1, 0.15) is 5.56 Å². The van der Waals surface area contributed by atoms with E-state index in [0.29, 0.717) is 0 Å². The summed E-state index contributed by atoms with van der Waals surface area (Å²) in [6.07, 6.45) is 0. The molecule has 7 nitrogen and oxygen atoms in total. The summed E-state index contributed by atoms with van der Waals surface area (Å²) in [7, 11) is 0. The number of nitro benzene ring substituents is 2. The molecule has 0 aliphatic rings. The van der Waals surface area contributed by atoms with Crippen molar-refractivity contribution in [3.8, 4) is 5.75 Å². The number of rotatable bonds is 2. The van der Waals surface area contributed by atoms with Gasteiger partial charge in [-0.2, -0.15) is 0 Å². The predicted molar refractivity (Wildman–Crippen MR) is 57.7 cm³/mol. The van der Waals surface area contributed by atoms with E-state index in [1.165, 1.54) is 6.92 Å². The Morgan fingerprint density at radius 1 is 1.12 bits per heavy atom. The van der Waals surface area contributed by atoms with Crippen molar-refractivity contribution in [1.29, 1.82) is 0 Å². The second-order valence-corrected chi connectivity index (χ2v) is 2.64. The van der Waals surface area contributed by atoms with Gasteiger partial charge in [0.15, 0.2) is 5.75 Å². The molecule has 0 atom stereocenters. The fourth-order valence-electron chi connectivity index (χ4n) is 0.987. The molecule has 0 aliphatic carbocycles. The molecule has 76 valence electrons. The van der Waals surface area contributed by atoms with Crippen molar-refractivity contribution in [2.24, 2.45) is 0 Å². The van der Waals surface area contributed by atoms with Crippen LogP contribution in [0.25, 0.3) is 0 Å². The molecule has 0 aromatic heterocycles. The van der Waals surface area contributed by atoms with E-state index in [4.69, 9.17) is 0 Å². The maximum atomic E-state index is 10.4. The summed E-state index contributed by atoms with van der Waals surface area (Å²) in [5.74, 6) is -0.541. The van der Waals surface area contributed by atoms with Crippen LogP contribution < -0.4 is 0 Å². The number of hydrogen-bond acceptors (Lipinski definition) is 5. The number of nitrogens with zero attached hydrogens (tertiary/aromatic N) is 2. The smallest absolute Gasteiger partial charge is 0.317 e. The Balaban J connectivity index is 0. The van der Waals surface area contributed by atoms with Crippen molar-refractivity contribution < 1.29 is 15.0 Å². The van der Waals surface area contributed by atoms with E-state index in [2.05, 4.69) is 0 Å². The molecule has 0 saturated heterocycles. The number of benzene rings is 1. The van der Waals surface area contributed by atoms with E-state index in [1.54, 1.807) is 0 Å². The van der Waals surface area contributed by atoms with Gasteiger partial charge in [0.05, 0.1) is 15.9 Å². The monoisotopic (exact) mass is 244 g/mol. The Bertz CT molecular complexity index is 423. The molecular formula is C7H6N2Na2O5. The van der Waals surface area contributed by atoms with Gasteiger partial charge >= 0.3 is 5.69 Å². The van der Waals surface area contributed by atoms with Crippen molar-refractivity contribution in [2.75, 3.05) is 0 Å². The average Bonchev–Trinajstić information content (AvgIpc) is 2.08. The Kier molecular flexibility index (Phi) is 8.19. The molecule has 2 radical (unpaired) electrons. The van der Waals surface area contributed by atoms with Gasteiger partial charge in [-0.1, -0.05) is 0 Å². The van der Waals surface area contributed by atoms with E-state index >= 15 is 0 Å². The van der Waals surface area contributed by atoms with Gasteiger partial charge in [0.1, 0.15) is 0 Å². The molecule has 0 spiro atoms. The third-order valence-corrected chi connectivity index (χ3v) is 1.67. The quantitative estimate of drug-likeness (QED) is 0.469. The largest absolute Gasteiger partial charge is 0.502 e. The Labute approximate surface area is 135 Å². The fraction of sp³-hybridized carbons (Fsp3) is 0.143. The van der Waals surface area contributed by atoms with E-state index in [9.17, 15) is 25.3 Å². The van der Waals surface area contributed by atoms with Gasteiger partial charge in [-0.05, 0) is 6.92 Å². The summed E-state index contributed by atoms with van der Waals surface area (Å²) in [6.45, 7) is 1.36. The van der Waals surface area contributed by atoms with Gasteiger partial charge < -0.3 is 5.11 Å². The number of non-ortho nitro benzene ring substituents is 1. The van der Waals surface area contributed by atoms with Crippen LogP contribution in [0.3, 0.4) is 0 Å². The minimum absolute atomic E-state index is 0. The summed E-state index contributed by atoms with van der Waals surface area (Å²) in [5.41, 5.74) is -0.963. The predicted octanol–water partition coefficient (Wildman–Crippen LogP) is 0.755. The fourth-order valence-corrected chi connectivity index (χ4v) is 0.987. The normalized spacial score (nSPS) is 8.56. The summed E-state index contributed by atoms with van der Waals surface area (Å²) >= 11 is 0. The first kappa shape index (κ1) is 18.2. The zero-order valence-electron chi connectivity index (χ0n) is 9.13. The van der Waals surface area contributed by atoms with Crippen molar-refractivity contribution in [3.05, 3.63) is 37.9 Å². The molecule has 0 unspecified atom stereocenters. The zero-order valence-corrected chi connectivity index (χ0v) is 13.1. The molecule has 0 saturated carbocycles. The van der Waals surface area contributed by atoms with Gasteiger partial charge in [0.25, 0.3) is 5.69 Å². The molecule has 1 rings (SSSR count). The number of phenols is 1. The van der Waals surface area contributed by atoms with Gasteiger partial charge in [-0.3, -0.25) is 20.2 Å². The molecule has 0 amide bonds. The van der Waals surface area contributed by atoms with Crippen LogP contribution in [-0.2, 0) is 0 Å². The molecule has 0 bridgehead atoms. The molecule has 0 aliphatic heterocycles. The van der Waals surface area contributed by atoms with E-state index < -0.39 is 27.0 Å². The third-order valence-electron chi connectivity index (χ3n) is 1.67. The van der Waals surface area contributed by atoms with Crippen molar-refractivity contribution >= 4 is 70.5 Å². The van der Waals surface area contributed by atoms with Crippen LogP contribution in [0, 0.1) is 27.2 Å². The summed E-state index contributed by atoms with van der Waals surface area (Å²) in [6, 6.07) is 1.80. The standard InChI is InChI=1S/C7H6N2O5.2Na/c1-4-2-5(8(11)12)3-6(7(4)10)9(13)14;;/h2-3,10H,1H3;;. The minimum atomic E-state index is -0.866. The van der Waals surface area contributed by atoms with Crippen molar-refractivity contribution in [1.82, 2.24) is 0 Å².